The number of carbonyl (C=O) groups is 2. The van der Waals surface area contributed by atoms with Crippen LogP contribution in [0.3, 0.4) is 0 Å². The molecule has 1 amide bonds. The Hall–Kier alpha value is -1.80. The topological polar surface area (TPSA) is 265 Å². The fraction of sp³-hybridized carbons (Fsp3) is 0.923. The lowest BCUT2D eigenvalue weighted by Gasteiger charge is -2.49. The summed E-state index contributed by atoms with van der Waals surface area (Å²) in [5.41, 5.74) is 0. The molecule has 2 aliphatic rings. The van der Waals surface area contributed by atoms with E-state index in [1.54, 1.807) is 6.08 Å². The van der Waals surface area contributed by atoms with Crippen molar-refractivity contribution in [3.8, 4) is 0 Å². The van der Waals surface area contributed by atoms with E-state index in [4.69, 9.17) is 18.9 Å². The molecule has 2 heterocycles. The van der Waals surface area contributed by atoms with Gasteiger partial charge in [-0.1, -0.05) is 187 Å². The van der Waals surface area contributed by atoms with Crippen molar-refractivity contribution in [1.29, 1.82) is 0 Å². The predicted octanol–water partition coefficient (Wildman–Crippen LogP) is 6.47. The number of aliphatic carboxylic acids is 1. The number of carboxylic acid groups (broad SMARTS) is 1. The number of amides is 1. The second kappa shape index (κ2) is 37.0. The summed E-state index contributed by atoms with van der Waals surface area (Å²) in [7, 11) is 0. The first-order chi connectivity index (χ1) is 32.8. The minimum absolute atomic E-state index is 0.245. The van der Waals surface area contributed by atoms with Crippen LogP contribution in [0.15, 0.2) is 12.2 Å². The van der Waals surface area contributed by atoms with Gasteiger partial charge in [-0.25, -0.2) is 4.79 Å². The first-order valence-corrected chi connectivity index (χ1v) is 26.9. The number of aliphatic hydroxyl groups excluding tert-OH is 8. The lowest BCUT2D eigenvalue weighted by Crippen LogP contribution is -2.67. The van der Waals surface area contributed by atoms with E-state index in [1.807, 2.05) is 6.08 Å². The van der Waals surface area contributed by atoms with E-state index in [1.165, 1.54) is 129 Å². The molecule has 2 fully saturated rings. The number of ether oxygens (including phenoxy) is 4. The highest BCUT2D eigenvalue weighted by Crippen LogP contribution is 2.39. The van der Waals surface area contributed by atoms with Crippen LogP contribution in [-0.2, 0) is 28.5 Å². The van der Waals surface area contributed by atoms with Crippen molar-refractivity contribution in [2.75, 3.05) is 19.8 Å². The summed E-state index contributed by atoms with van der Waals surface area (Å²) in [5.74, 6) is -5.74. The predicted molar refractivity (Wildman–Crippen MR) is 260 cm³/mol. The summed E-state index contributed by atoms with van der Waals surface area (Å²) < 4.78 is 23.1. The first kappa shape index (κ1) is 62.3. The zero-order valence-corrected chi connectivity index (χ0v) is 42.2. The van der Waals surface area contributed by atoms with Gasteiger partial charge in [0, 0.05) is 18.8 Å². The Morgan fingerprint density at radius 1 is 0.721 bits per heavy atom. The van der Waals surface area contributed by atoms with Crippen LogP contribution < -0.4 is 5.32 Å². The van der Waals surface area contributed by atoms with Gasteiger partial charge in [0.25, 0.3) is 5.79 Å². The zero-order valence-electron chi connectivity index (χ0n) is 42.2. The summed E-state index contributed by atoms with van der Waals surface area (Å²) >= 11 is 0. The number of hydrogen-bond acceptors (Lipinski definition) is 14. The molecule has 16 nitrogen and oxygen atoms in total. The molecule has 3 unspecified atom stereocenters. The van der Waals surface area contributed by atoms with Crippen LogP contribution in [0.25, 0.3) is 0 Å². The van der Waals surface area contributed by atoms with Crippen molar-refractivity contribution < 1.29 is 74.5 Å². The molecule has 13 atom stereocenters. The zero-order chi connectivity index (χ0) is 50.2. The summed E-state index contributed by atoms with van der Waals surface area (Å²) in [6.45, 7) is 3.79. The molecule has 2 rings (SSSR count). The van der Waals surface area contributed by atoms with E-state index in [2.05, 4.69) is 19.2 Å². The highest BCUT2D eigenvalue weighted by Gasteiger charge is 2.58. The maximum Gasteiger partial charge on any atom is 0.364 e. The molecule has 0 aromatic heterocycles. The molecule has 0 aliphatic carbocycles. The lowest BCUT2D eigenvalue weighted by molar-refractivity contribution is -0.372. The van der Waals surface area contributed by atoms with Crippen LogP contribution >= 0.6 is 0 Å². The van der Waals surface area contributed by atoms with Crippen LogP contribution in [0, 0.1) is 5.92 Å². The molecule has 68 heavy (non-hydrogen) atoms. The molecule has 0 aromatic carbocycles. The highest BCUT2D eigenvalue weighted by atomic mass is 16.8. The Kier molecular flexibility index (Phi) is 33.9. The van der Waals surface area contributed by atoms with Crippen molar-refractivity contribution >= 4 is 11.9 Å². The molecule has 10 N–H and O–H groups in total. The maximum absolute atomic E-state index is 13.2. The number of allylic oxidation sites excluding steroid dienone is 1. The number of hydrogen-bond donors (Lipinski definition) is 10. The third-order valence-corrected chi connectivity index (χ3v) is 13.8. The molecular weight excluding hydrogens is 879 g/mol. The summed E-state index contributed by atoms with van der Waals surface area (Å²) in [5, 5.41) is 98.3. The van der Waals surface area contributed by atoms with E-state index in [0.717, 1.165) is 44.9 Å². The normalized spacial score (nSPS) is 27.3. The molecule has 2 saturated heterocycles. The van der Waals surface area contributed by atoms with Gasteiger partial charge in [0.1, 0.15) is 36.6 Å². The van der Waals surface area contributed by atoms with Crippen molar-refractivity contribution in [3.05, 3.63) is 12.2 Å². The molecule has 0 aromatic rings. The summed E-state index contributed by atoms with van der Waals surface area (Å²) in [6, 6.07) is -0.978. The third kappa shape index (κ3) is 23.6. The number of carboxylic acids is 1. The highest BCUT2D eigenvalue weighted by molar-refractivity contribution is 5.76. The second-order valence-electron chi connectivity index (χ2n) is 19.8. The van der Waals surface area contributed by atoms with Gasteiger partial charge < -0.3 is 70.2 Å². The van der Waals surface area contributed by atoms with Gasteiger partial charge in [0.15, 0.2) is 6.29 Å². The number of unbranched alkanes of at least 4 members (excludes halogenated alkanes) is 25. The Morgan fingerprint density at radius 2 is 1.21 bits per heavy atom. The minimum atomic E-state index is -2.76. The largest absolute Gasteiger partial charge is 0.477 e. The Morgan fingerprint density at radius 3 is 1.68 bits per heavy atom. The monoisotopic (exact) mass is 976 g/mol. The summed E-state index contributed by atoms with van der Waals surface area (Å²) in [4.78, 5) is 25.9. The lowest BCUT2D eigenvalue weighted by atomic mass is 9.84. The Balaban J connectivity index is 1.99. The van der Waals surface area contributed by atoms with Gasteiger partial charge in [-0.3, -0.25) is 4.79 Å². The first-order valence-electron chi connectivity index (χ1n) is 26.9. The molecule has 400 valence electrons. The van der Waals surface area contributed by atoms with Gasteiger partial charge in [-0.15, -0.1) is 0 Å². The summed E-state index contributed by atoms with van der Waals surface area (Å²) in [6.07, 6.45) is 18.6. The fourth-order valence-corrected chi connectivity index (χ4v) is 9.24. The quantitative estimate of drug-likeness (QED) is 0.0232. The van der Waals surface area contributed by atoms with E-state index in [0.29, 0.717) is 6.42 Å². The standard InChI is InChI=1S/C52H97NO15/c1-4-6-8-10-12-14-16-18-19-21-23-25-27-29-31-33-44(59)53-39(40(56)32-30-28-26-24-22-20-17-15-13-11-9-7-5-2)37-65-50-47(62)46(61)49(43(36-55)66-50)68-52(51(63)64)34-41(57)38(3)48(67-52)45(60)42(58)35-54/h30,32,38-43,45-50,54-58,60-62H,4-29,31,33-37H2,1-3H3,(H,53,59)(H,63,64)/b32-30+/t38-,39+,40-,41?,42-,43+,45-,46?,47?,48-,49-,50-,52+/m1/s1. The molecule has 0 saturated carbocycles. The average molecular weight is 976 g/mol. The van der Waals surface area contributed by atoms with Crippen molar-refractivity contribution in [3.63, 3.8) is 0 Å². The van der Waals surface area contributed by atoms with Crippen molar-refractivity contribution in [2.24, 2.45) is 5.92 Å². The molecule has 0 spiro atoms. The van der Waals surface area contributed by atoms with Crippen LogP contribution in [-0.4, -0.2) is 151 Å². The Labute approximate surface area is 408 Å². The van der Waals surface area contributed by atoms with Gasteiger partial charge in [-0.2, -0.15) is 0 Å². The Bertz CT molecular complexity index is 1310. The van der Waals surface area contributed by atoms with E-state index >= 15 is 0 Å². The van der Waals surface area contributed by atoms with E-state index < -0.39 is 105 Å². The molecule has 2 aliphatic heterocycles. The number of aliphatic hydroxyl groups is 8. The smallest absolute Gasteiger partial charge is 0.364 e. The van der Waals surface area contributed by atoms with Crippen LogP contribution in [0.2, 0.25) is 0 Å². The van der Waals surface area contributed by atoms with Crippen molar-refractivity contribution in [1.82, 2.24) is 5.32 Å². The van der Waals surface area contributed by atoms with Crippen molar-refractivity contribution in [2.45, 2.75) is 280 Å². The third-order valence-electron chi connectivity index (χ3n) is 13.8. The van der Waals surface area contributed by atoms with Crippen LogP contribution in [0.1, 0.15) is 207 Å². The van der Waals surface area contributed by atoms with Gasteiger partial charge in [0.2, 0.25) is 5.91 Å². The molecule has 0 radical (unpaired) electrons. The van der Waals surface area contributed by atoms with Crippen LogP contribution in [0.5, 0.6) is 0 Å². The molecular formula is C52H97NO15. The number of nitrogens with one attached hydrogen (secondary N) is 1. The fourth-order valence-electron chi connectivity index (χ4n) is 9.24. The van der Waals surface area contributed by atoms with Gasteiger partial charge >= 0.3 is 5.97 Å². The molecule has 0 bridgehead atoms. The minimum Gasteiger partial charge on any atom is -0.477 e. The number of rotatable bonds is 41. The van der Waals surface area contributed by atoms with Gasteiger partial charge in [-0.05, 0) is 19.3 Å². The van der Waals surface area contributed by atoms with E-state index in [9.17, 15) is 55.5 Å². The SMILES string of the molecule is CCCCCCCCCCCCC/C=C/[C@@H](O)[C@H](CO[C@@H]1O[C@@H](CO)[C@@H](O[C@]2(C(=O)O)CC(O)[C@@H](C)[C@H]([C@H](O)[C@H](O)CO)O2)C(O)C1O)NC(=O)CCCCCCCCCCCCCCCCC. The molecule has 16 heteroatoms. The maximum atomic E-state index is 13.2. The average Bonchev–Trinajstić information content (AvgIpc) is 3.32. The number of carbonyl (C=O) groups excluding carboxylic acids is 1. The second-order valence-corrected chi connectivity index (χ2v) is 19.8. The van der Waals surface area contributed by atoms with Gasteiger partial charge in [0.05, 0.1) is 44.2 Å². The van der Waals surface area contributed by atoms with E-state index in [-0.39, 0.29) is 18.9 Å². The van der Waals surface area contributed by atoms with Crippen LogP contribution in [0.4, 0.5) is 0 Å².